The first-order chi connectivity index (χ1) is 13.4. The Morgan fingerprint density at radius 3 is 2.46 bits per heavy atom. The van der Waals surface area contributed by atoms with Crippen LogP contribution in [0.15, 0.2) is 0 Å². The van der Waals surface area contributed by atoms with E-state index in [1.165, 1.54) is 32.1 Å². The van der Waals surface area contributed by atoms with Crippen molar-refractivity contribution in [1.82, 2.24) is 4.90 Å². The first kappa shape index (κ1) is 18.1. The monoisotopic (exact) mass is 389 g/mol. The molecule has 0 radical (unpaired) electrons. The Balaban J connectivity index is 1.44. The predicted octanol–water partition coefficient (Wildman–Crippen LogP) is 2.96. The molecule has 5 heteroatoms. The van der Waals surface area contributed by atoms with E-state index in [0.717, 1.165) is 38.3 Å². The summed E-state index contributed by atoms with van der Waals surface area (Å²) in [5.41, 5.74) is 0.640. The molecule has 4 saturated carbocycles. The molecule has 156 valence electrons. The molecule has 2 saturated heterocycles. The van der Waals surface area contributed by atoms with Crippen LogP contribution in [0.4, 0.5) is 0 Å². The maximum absolute atomic E-state index is 12.5. The number of carbonyl (C=O) groups is 1. The Morgan fingerprint density at radius 1 is 1.00 bits per heavy atom. The predicted molar refractivity (Wildman–Crippen MR) is 103 cm³/mol. The molecule has 28 heavy (non-hydrogen) atoms. The zero-order chi connectivity index (χ0) is 19.4. The molecule has 2 heterocycles. The minimum atomic E-state index is -0.537. The molecule has 6 aliphatic rings. The third kappa shape index (κ3) is 1.97. The first-order valence-corrected chi connectivity index (χ1v) is 11.6. The van der Waals surface area contributed by atoms with Crippen LogP contribution in [-0.2, 0) is 14.3 Å². The molecule has 2 spiro atoms. The quantitative estimate of drug-likeness (QED) is 0.692. The van der Waals surface area contributed by atoms with Crippen molar-refractivity contribution in [2.75, 3.05) is 26.3 Å². The standard InChI is InChI=1S/C23H35NO4/c1-15(25)24-13-20(2)6-3-7-22(14-24)17(20)4-8-21-12-16(26)19(21)23(9-5-18(21)22)27-10-11-28-23/h16-19,26H,3-14H2,1-2H3/t16?,17-,18-,19-,20?,21-,22?/m1/s1. The molecule has 5 nitrogen and oxygen atoms in total. The first-order valence-electron chi connectivity index (χ1n) is 11.6. The molecule has 0 aromatic heterocycles. The second-order valence-corrected chi connectivity index (χ2v) is 11.3. The van der Waals surface area contributed by atoms with E-state index in [9.17, 15) is 9.90 Å². The summed E-state index contributed by atoms with van der Waals surface area (Å²) < 4.78 is 12.4. The Hall–Kier alpha value is -0.650. The summed E-state index contributed by atoms with van der Waals surface area (Å²) in [6, 6.07) is 0. The molecule has 0 aromatic carbocycles. The van der Waals surface area contributed by atoms with Crippen molar-refractivity contribution >= 4 is 5.91 Å². The second kappa shape index (κ2) is 5.53. The molecule has 1 N–H and O–H groups in total. The average Bonchev–Trinajstić information content (AvgIpc) is 3.06. The van der Waals surface area contributed by atoms with E-state index in [4.69, 9.17) is 9.47 Å². The molecule has 0 aromatic rings. The van der Waals surface area contributed by atoms with E-state index in [-0.39, 0.29) is 34.2 Å². The van der Waals surface area contributed by atoms with Crippen LogP contribution >= 0.6 is 0 Å². The molecule has 6 rings (SSSR count). The lowest BCUT2D eigenvalue weighted by Gasteiger charge is -2.75. The molecular formula is C23H35NO4. The number of amides is 1. The maximum atomic E-state index is 12.5. The van der Waals surface area contributed by atoms with Crippen LogP contribution < -0.4 is 0 Å². The van der Waals surface area contributed by atoms with Crippen LogP contribution in [0, 0.1) is 34.0 Å². The van der Waals surface area contributed by atoms with Crippen LogP contribution in [0.5, 0.6) is 0 Å². The van der Waals surface area contributed by atoms with Gasteiger partial charge in [0.2, 0.25) is 5.91 Å². The smallest absolute Gasteiger partial charge is 0.219 e. The number of carbonyl (C=O) groups excluding carboxylic acids is 1. The van der Waals surface area contributed by atoms with Gasteiger partial charge in [0.25, 0.3) is 0 Å². The maximum Gasteiger partial charge on any atom is 0.219 e. The van der Waals surface area contributed by atoms with Crippen molar-refractivity contribution in [2.45, 2.75) is 77.1 Å². The van der Waals surface area contributed by atoms with E-state index in [0.29, 0.717) is 19.1 Å². The Morgan fingerprint density at radius 2 is 1.75 bits per heavy atom. The van der Waals surface area contributed by atoms with E-state index in [1.54, 1.807) is 6.92 Å². The Labute approximate surface area is 168 Å². The SMILES string of the molecule is CC(=O)N1CC2(C)CCCC3(C1)[C@@H]2CC[C@]12CC(O)[C@H]1C1(CC[C@@H]32)OCCO1. The largest absolute Gasteiger partial charge is 0.393 e. The zero-order valence-corrected chi connectivity index (χ0v) is 17.4. The van der Waals surface area contributed by atoms with Gasteiger partial charge >= 0.3 is 0 Å². The summed E-state index contributed by atoms with van der Waals surface area (Å²) >= 11 is 0. The number of nitrogens with zero attached hydrogens (tertiary/aromatic N) is 1. The zero-order valence-electron chi connectivity index (χ0n) is 17.4. The molecule has 6 fully saturated rings. The third-order valence-corrected chi connectivity index (χ3v) is 10.3. The van der Waals surface area contributed by atoms with Gasteiger partial charge in [-0.2, -0.15) is 0 Å². The summed E-state index contributed by atoms with van der Waals surface area (Å²) in [7, 11) is 0. The fourth-order valence-corrected chi connectivity index (χ4v) is 9.71. The van der Waals surface area contributed by atoms with Gasteiger partial charge in [0.1, 0.15) is 0 Å². The number of likely N-dealkylation sites (tertiary alicyclic amines) is 1. The highest BCUT2D eigenvalue weighted by atomic mass is 16.7. The summed E-state index contributed by atoms with van der Waals surface area (Å²) in [6.45, 7) is 7.41. The summed E-state index contributed by atoms with van der Waals surface area (Å²) in [5.74, 6) is 1.14. The molecule has 2 bridgehead atoms. The Bertz CT molecular complexity index is 705. The summed E-state index contributed by atoms with van der Waals surface area (Å²) in [4.78, 5) is 14.6. The molecule has 2 aliphatic heterocycles. The summed E-state index contributed by atoms with van der Waals surface area (Å²) in [5, 5.41) is 10.9. The highest BCUT2D eigenvalue weighted by molar-refractivity contribution is 5.73. The molecule has 4 aliphatic carbocycles. The highest BCUT2D eigenvalue weighted by Gasteiger charge is 2.76. The lowest BCUT2D eigenvalue weighted by Crippen LogP contribution is -2.76. The van der Waals surface area contributed by atoms with Gasteiger partial charge in [-0.15, -0.1) is 0 Å². The number of hydrogen-bond donors (Lipinski definition) is 1. The minimum absolute atomic E-state index is 0.123. The van der Waals surface area contributed by atoms with Gasteiger partial charge in [-0.3, -0.25) is 4.79 Å². The van der Waals surface area contributed by atoms with Gasteiger partial charge in [0, 0.05) is 32.4 Å². The fraction of sp³-hybridized carbons (Fsp3) is 0.957. The minimum Gasteiger partial charge on any atom is -0.393 e. The topological polar surface area (TPSA) is 59.0 Å². The second-order valence-electron chi connectivity index (χ2n) is 11.3. The van der Waals surface area contributed by atoms with Gasteiger partial charge in [-0.05, 0) is 66.6 Å². The number of fused-ring (bicyclic) bond motifs is 1. The van der Waals surface area contributed by atoms with E-state index >= 15 is 0 Å². The van der Waals surface area contributed by atoms with Crippen molar-refractivity contribution < 1.29 is 19.4 Å². The van der Waals surface area contributed by atoms with Crippen LogP contribution in [-0.4, -0.2) is 54.1 Å². The average molecular weight is 390 g/mol. The van der Waals surface area contributed by atoms with Gasteiger partial charge in [-0.1, -0.05) is 13.3 Å². The van der Waals surface area contributed by atoms with Crippen LogP contribution in [0.3, 0.4) is 0 Å². The number of piperidine rings is 1. The van der Waals surface area contributed by atoms with Gasteiger partial charge in [-0.25, -0.2) is 0 Å². The highest BCUT2D eigenvalue weighted by Crippen LogP contribution is 2.76. The number of rotatable bonds is 0. The lowest BCUT2D eigenvalue weighted by molar-refractivity contribution is -0.358. The van der Waals surface area contributed by atoms with Gasteiger partial charge in [0.05, 0.1) is 19.3 Å². The van der Waals surface area contributed by atoms with Crippen molar-refractivity contribution in [2.24, 2.45) is 34.0 Å². The van der Waals surface area contributed by atoms with Crippen molar-refractivity contribution in [3.8, 4) is 0 Å². The van der Waals surface area contributed by atoms with Crippen LogP contribution in [0.25, 0.3) is 0 Å². The normalized spacial score (nSPS) is 53.8. The van der Waals surface area contributed by atoms with Crippen LogP contribution in [0.2, 0.25) is 0 Å². The molecule has 1 amide bonds. The van der Waals surface area contributed by atoms with Crippen molar-refractivity contribution in [3.63, 3.8) is 0 Å². The van der Waals surface area contributed by atoms with Gasteiger partial charge in [0.15, 0.2) is 5.79 Å². The number of aliphatic hydroxyl groups is 1. The van der Waals surface area contributed by atoms with E-state index in [1.807, 2.05) is 0 Å². The molecular weight excluding hydrogens is 354 g/mol. The summed E-state index contributed by atoms with van der Waals surface area (Å²) in [6.07, 6.45) is 8.89. The van der Waals surface area contributed by atoms with Gasteiger partial charge < -0.3 is 19.5 Å². The number of ether oxygens (including phenoxy) is 2. The van der Waals surface area contributed by atoms with E-state index in [2.05, 4.69) is 11.8 Å². The number of aliphatic hydroxyl groups excluding tert-OH is 1. The molecule has 7 atom stereocenters. The fourth-order valence-electron chi connectivity index (χ4n) is 9.71. The van der Waals surface area contributed by atoms with Crippen LogP contribution in [0.1, 0.15) is 65.2 Å². The number of hydrogen-bond acceptors (Lipinski definition) is 4. The third-order valence-electron chi connectivity index (χ3n) is 10.3. The molecule has 3 unspecified atom stereocenters. The lowest BCUT2D eigenvalue weighted by atomic mass is 9.32. The van der Waals surface area contributed by atoms with Crippen molar-refractivity contribution in [1.29, 1.82) is 0 Å². The van der Waals surface area contributed by atoms with Crippen molar-refractivity contribution in [3.05, 3.63) is 0 Å². The Kier molecular flexibility index (Phi) is 3.58. The van der Waals surface area contributed by atoms with E-state index < -0.39 is 5.79 Å².